The molecule has 1 nitrogen and oxygen atoms in total. The Morgan fingerprint density at radius 2 is 1.62 bits per heavy atom. The number of aryl methyl sites for hydroxylation is 3. The van der Waals surface area contributed by atoms with Crippen LogP contribution in [0.25, 0.3) is 0 Å². The first-order valence-corrected chi connectivity index (χ1v) is 4.75. The van der Waals surface area contributed by atoms with Crippen molar-refractivity contribution in [3.8, 4) is 0 Å². The molecule has 1 aromatic rings. The molecular formula is C12H18O. The monoisotopic (exact) mass is 178 g/mol. The molecule has 0 unspecified atom stereocenters. The second kappa shape index (κ2) is 3.93. The highest BCUT2D eigenvalue weighted by Crippen LogP contribution is 2.16. The standard InChI is InChI=1S/C12H18O/c1-8-5-10(3)12(6-9(8)2)7-11(4)13/h5-6,11,13H,7H2,1-4H3/t11-/m0/s1. The Bertz CT molecular complexity index is 300. The van der Waals surface area contributed by atoms with E-state index in [1.165, 1.54) is 22.3 Å². The fourth-order valence-electron chi connectivity index (χ4n) is 1.56. The molecule has 1 atom stereocenters. The molecule has 0 saturated heterocycles. The molecule has 1 heteroatoms. The maximum Gasteiger partial charge on any atom is 0.0552 e. The van der Waals surface area contributed by atoms with Gasteiger partial charge in [-0.05, 0) is 56.4 Å². The Kier molecular flexibility index (Phi) is 3.10. The number of rotatable bonds is 2. The minimum atomic E-state index is -0.249. The average molecular weight is 178 g/mol. The van der Waals surface area contributed by atoms with Crippen LogP contribution >= 0.6 is 0 Å². The fourth-order valence-corrected chi connectivity index (χ4v) is 1.56. The van der Waals surface area contributed by atoms with E-state index >= 15 is 0 Å². The van der Waals surface area contributed by atoms with E-state index < -0.39 is 0 Å². The van der Waals surface area contributed by atoms with Crippen LogP contribution < -0.4 is 0 Å². The smallest absolute Gasteiger partial charge is 0.0552 e. The highest BCUT2D eigenvalue weighted by Gasteiger charge is 2.04. The lowest BCUT2D eigenvalue weighted by Crippen LogP contribution is -2.06. The molecule has 0 amide bonds. The van der Waals surface area contributed by atoms with Gasteiger partial charge in [-0.3, -0.25) is 0 Å². The zero-order valence-corrected chi connectivity index (χ0v) is 8.89. The highest BCUT2D eigenvalue weighted by molar-refractivity contribution is 5.36. The summed E-state index contributed by atoms with van der Waals surface area (Å²) in [6.07, 6.45) is 0.508. The van der Waals surface area contributed by atoms with Gasteiger partial charge in [-0.25, -0.2) is 0 Å². The van der Waals surface area contributed by atoms with Gasteiger partial charge in [-0.15, -0.1) is 0 Å². The Morgan fingerprint density at radius 1 is 1.08 bits per heavy atom. The first-order valence-electron chi connectivity index (χ1n) is 4.75. The summed E-state index contributed by atoms with van der Waals surface area (Å²) >= 11 is 0. The zero-order chi connectivity index (χ0) is 10.0. The molecule has 0 aliphatic carbocycles. The number of benzene rings is 1. The summed E-state index contributed by atoms with van der Waals surface area (Å²) in [5.41, 5.74) is 5.18. The molecule has 1 aromatic carbocycles. The van der Waals surface area contributed by atoms with E-state index in [0.717, 1.165) is 6.42 Å². The lowest BCUT2D eigenvalue weighted by molar-refractivity contribution is 0.195. The van der Waals surface area contributed by atoms with Gasteiger partial charge in [0.2, 0.25) is 0 Å². The van der Waals surface area contributed by atoms with Gasteiger partial charge < -0.3 is 5.11 Å². The van der Waals surface area contributed by atoms with Gasteiger partial charge >= 0.3 is 0 Å². The van der Waals surface area contributed by atoms with Crippen molar-refractivity contribution in [1.29, 1.82) is 0 Å². The molecule has 0 bridgehead atoms. The molecule has 13 heavy (non-hydrogen) atoms. The van der Waals surface area contributed by atoms with Gasteiger partial charge in [-0.1, -0.05) is 12.1 Å². The lowest BCUT2D eigenvalue weighted by atomic mass is 9.97. The second-order valence-corrected chi connectivity index (χ2v) is 3.92. The van der Waals surface area contributed by atoms with Gasteiger partial charge in [0.15, 0.2) is 0 Å². The van der Waals surface area contributed by atoms with Crippen molar-refractivity contribution in [2.24, 2.45) is 0 Å². The van der Waals surface area contributed by atoms with Gasteiger partial charge in [0.1, 0.15) is 0 Å². The summed E-state index contributed by atoms with van der Waals surface area (Å²) in [5.74, 6) is 0. The largest absolute Gasteiger partial charge is 0.393 e. The molecule has 1 N–H and O–H groups in total. The van der Waals surface area contributed by atoms with E-state index in [-0.39, 0.29) is 6.10 Å². The van der Waals surface area contributed by atoms with Crippen LogP contribution in [0.4, 0.5) is 0 Å². The molecule has 0 spiro atoms. The minimum Gasteiger partial charge on any atom is -0.393 e. The van der Waals surface area contributed by atoms with Crippen LogP contribution in [0.5, 0.6) is 0 Å². The first kappa shape index (κ1) is 10.3. The predicted octanol–water partition coefficient (Wildman–Crippen LogP) is 2.54. The van der Waals surface area contributed by atoms with Crippen molar-refractivity contribution in [3.63, 3.8) is 0 Å². The number of hydrogen-bond donors (Lipinski definition) is 1. The average Bonchev–Trinajstić information content (AvgIpc) is 1.99. The SMILES string of the molecule is Cc1cc(C)c(C[C@H](C)O)cc1C. The predicted molar refractivity (Wildman–Crippen MR) is 56.0 cm³/mol. The van der Waals surface area contributed by atoms with Crippen molar-refractivity contribution in [1.82, 2.24) is 0 Å². The van der Waals surface area contributed by atoms with Crippen molar-refractivity contribution >= 4 is 0 Å². The summed E-state index contributed by atoms with van der Waals surface area (Å²) in [6, 6.07) is 4.37. The van der Waals surface area contributed by atoms with Crippen LogP contribution in [0.3, 0.4) is 0 Å². The van der Waals surface area contributed by atoms with Gasteiger partial charge in [0, 0.05) is 0 Å². The van der Waals surface area contributed by atoms with Crippen LogP contribution in [0, 0.1) is 20.8 Å². The van der Waals surface area contributed by atoms with Crippen LogP contribution in [0.2, 0.25) is 0 Å². The molecule has 0 aliphatic rings. The van der Waals surface area contributed by atoms with E-state index in [4.69, 9.17) is 0 Å². The molecule has 0 fully saturated rings. The van der Waals surface area contributed by atoms with Gasteiger partial charge in [0.05, 0.1) is 6.10 Å². The van der Waals surface area contributed by atoms with Crippen molar-refractivity contribution in [2.45, 2.75) is 40.2 Å². The summed E-state index contributed by atoms with van der Waals surface area (Å²) in [5, 5.41) is 9.29. The Hall–Kier alpha value is -0.820. The summed E-state index contributed by atoms with van der Waals surface area (Å²) in [7, 11) is 0. The molecule has 0 heterocycles. The second-order valence-electron chi connectivity index (χ2n) is 3.92. The maximum absolute atomic E-state index is 9.29. The normalized spacial score (nSPS) is 13.0. The van der Waals surface area contributed by atoms with Crippen LogP contribution in [0.15, 0.2) is 12.1 Å². The number of hydrogen-bond acceptors (Lipinski definition) is 1. The fraction of sp³-hybridized carbons (Fsp3) is 0.500. The van der Waals surface area contributed by atoms with Crippen molar-refractivity contribution in [3.05, 3.63) is 34.4 Å². The third kappa shape index (κ3) is 2.56. The van der Waals surface area contributed by atoms with E-state index in [9.17, 15) is 5.11 Å². The highest BCUT2D eigenvalue weighted by atomic mass is 16.3. The lowest BCUT2D eigenvalue weighted by Gasteiger charge is -2.11. The van der Waals surface area contributed by atoms with E-state index in [0.29, 0.717) is 0 Å². The topological polar surface area (TPSA) is 20.2 Å². The summed E-state index contributed by atoms with van der Waals surface area (Å²) in [4.78, 5) is 0. The van der Waals surface area contributed by atoms with Crippen LogP contribution in [-0.2, 0) is 6.42 Å². The van der Waals surface area contributed by atoms with Gasteiger partial charge in [0.25, 0.3) is 0 Å². The number of aliphatic hydroxyl groups excluding tert-OH is 1. The molecular weight excluding hydrogens is 160 g/mol. The molecule has 1 rings (SSSR count). The first-order chi connectivity index (χ1) is 6.00. The van der Waals surface area contributed by atoms with E-state index in [1.54, 1.807) is 0 Å². The Labute approximate surface area is 80.4 Å². The third-order valence-corrected chi connectivity index (χ3v) is 2.47. The van der Waals surface area contributed by atoms with Crippen molar-refractivity contribution in [2.75, 3.05) is 0 Å². The number of aliphatic hydroxyl groups is 1. The van der Waals surface area contributed by atoms with Crippen LogP contribution in [0.1, 0.15) is 29.2 Å². The Balaban J connectivity index is 3.01. The van der Waals surface area contributed by atoms with Crippen molar-refractivity contribution < 1.29 is 5.11 Å². The van der Waals surface area contributed by atoms with E-state index in [2.05, 4.69) is 32.9 Å². The quantitative estimate of drug-likeness (QED) is 0.738. The summed E-state index contributed by atoms with van der Waals surface area (Å²) in [6.45, 7) is 8.16. The molecule has 0 aromatic heterocycles. The maximum atomic E-state index is 9.29. The van der Waals surface area contributed by atoms with Gasteiger partial charge in [-0.2, -0.15) is 0 Å². The zero-order valence-electron chi connectivity index (χ0n) is 8.89. The van der Waals surface area contributed by atoms with Crippen LogP contribution in [-0.4, -0.2) is 11.2 Å². The minimum absolute atomic E-state index is 0.249. The third-order valence-electron chi connectivity index (χ3n) is 2.47. The molecule has 0 aliphatic heterocycles. The molecule has 0 radical (unpaired) electrons. The summed E-state index contributed by atoms with van der Waals surface area (Å²) < 4.78 is 0. The van der Waals surface area contributed by atoms with E-state index in [1.807, 2.05) is 6.92 Å². The molecule has 0 saturated carbocycles. The Morgan fingerprint density at radius 3 is 2.15 bits per heavy atom. The molecule has 72 valence electrons.